The van der Waals surface area contributed by atoms with Gasteiger partial charge >= 0.3 is 6.09 Å². The topological polar surface area (TPSA) is 58.6 Å². The smallest absolute Gasteiger partial charge is 0.414 e. The molecule has 30 heavy (non-hydrogen) atoms. The minimum atomic E-state index is -0.553. The summed E-state index contributed by atoms with van der Waals surface area (Å²) in [5.41, 5.74) is 2.80. The average molecular weight is 408 g/mol. The predicted molar refractivity (Wildman–Crippen MR) is 114 cm³/mol. The normalized spacial score (nSPS) is 16.7. The lowest BCUT2D eigenvalue weighted by Gasteiger charge is -2.15. The number of carbonyl (C=O) groups is 2. The second-order valence-electron chi connectivity index (χ2n) is 7.52. The first-order valence-corrected chi connectivity index (χ1v) is 9.95. The average Bonchev–Trinajstić information content (AvgIpc) is 3.11. The van der Waals surface area contributed by atoms with E-state index in [1.165, 1.54) is 17.9 Å². The van der Waals surface area contributed by atoms with Crippen LogP contribution in [0.2, 0.25) is 0 Å². The third kappa shape index (κ3) is 5.18. The van der Waals surface area contributed by atoms with E-state index in [-0.39, 0.29) is 24.9 Å². The second-order valence-corrected chi connectivity index (χ2v) is 7.52. The number of amides is 2. The quantitative estimate of drug-likeness (QED) is 0.700. The van der Waals surface area contributed by atoms with E-state index < -0.39 is 18.0 Å². The lowest BCUT2D eigenvalue weighted by atomic mass is 9.98. The first kappa shape index (κ1) is 21.4. The number of aryl methyl sites for hydroxylation is 1. The molecule has 1 aliphatic heterocycles. The van der Waals surface area contributed by atoms with Crippen molar-refractivity contribution in [3.05, 3.63) is 53.8 Å². The maximum atomic E-state index is 14.8. The minimum Gasteiger partial charge on any atom is -0.442 e. The van der Waals surface area contributed by atoms with Gasteiger partial charge in [-0.15, -0.1) is 12.3 Å². The van der Waals surface area contributed by atoms with Crippen molar-refractivity contribution >= 4 is 17.7 Å². The molecule has 0 radical (unpaired) electrons. The zero-order valence-corrected chi connectivity index (χ0v) is 17.2. The summed E-state index contributed by atoms with van der Waals surface area (Å²) in [5, 5.41) is 2.62. The van der Waals surface area contributed by atoms with Gasteiger partial charge in [0.05, 0.1) is 18.8 Å². The van der Waals surface area contributed by atoms with E-state index >= 15 is 0 Å². The number of hydrogen-bond acceptors (Lipinski definition) is 3. The summed E-state index contributed by atoms with van der Waals surface area (Å²) in [7, 11) is 0. The van der Waals surface area contributed by atoms with Crippen molar-refractivity contribution in [1.29, 1.82) is 0 Å². The molecular formula is C24H25FN2O3. The Morgan fingerprint density at radius 2 is 2.07 bits per heavy atom. The van der Waals surface area contributed by atoms with E-state index in [1.807, 2.05) is 31.2 Å². The molecule has 5 nitrogen and oxygen atoms in total. The van der Waals surface area contributed by atoms with E-state index in [1.54, 1.807) is 12.1 Å². The molecule has 1 aliphatic rings. The molecule has 1 unspecified atom stereocenters. The van der Waals surface area contributed by atoms with Crippen LogP contribution in [0.15, 0.2) is 42.5 Å². The van der Waals surface area contributed by atoms with Gasteiger partial charge in [-0.2, -0.15) is 0 Å². The molecular weight excluding hydrogens is 383 g/mol. The van der Waals surface area contributed by atoms with Crippen molar-refractivity contribution in [2.75, 3.05) is 18.0 Å². The predicted octanol–water partition coefficient (Wildman–Crippen LogP) is 4.16. The first-order valence-electron chi connectivity index (χ1n) is 9.95. The van der Waals surface area contributed by atoms with Crippen LogP contribution in [0, 0.1) is 24.1 Å². The highest BCUT2D eigenvalue weighted by Crippen LogP contribution is 2.29. The molecule has 0 bridgehead atoms. The molecule has 2 amide bonds. The molecule has 0 spiro atoms. The van der Waals surface area contributed by atoms with Crippen LogP contribution in [0.4, 0.5) is 14.9 Å². The van der Waals surface area contributed by atoms with E-state index in [4.69, 9.17) is 11.2 Å². The number of terminal acetylenes is 1. The Morgan fingerprint density at radius 1 is 1.33 bits per heavy atom. The highest BCUT2D eigenvalue weighted by atomic mass is 19.1. The van der Waals surface area contributed by atoms with Crippen molar-refractivity contribution in [2.45, 2.75) is 32.8 Å². The maximum absolute atomic E-state index is 14.8. The van der Waals surface area contributed by atoms with Crippen molar-refractivity contribution in [3.63, 3.8) is 0 Å². The van der Waals surface area contributed by atoms with Gasteiger partial charge in [-0.05, 0) is 42.2 Å². The molecule has 1 heterocycles. The number of halogens is 1. The summed E-state index contributed by atoms with van der Waals surface area (Å²) < 4.78 is 20.0. The summed E-state index contributed by atoms with van der Waals surface area (Å²) in [6, 6.07) is 12.4. The summed E-state index contributed by atoms with van der Waals surface area (Å²) in [5.74, 6) is 2.33. The van der Waals surface area contributed by atoms with E-state index in [0.29, 0.717) is 11.3 Å². The monoisotopic (exact) mass is 408 g/mol. The van der Waals surface area contributed by atoms with Gasteiger partial charge in [0.1, 0.15) is 11.9 Å². The van der Waals surface area contributed by atoms with Crippen LogP contribution < -0.4 is 10.2 Å². The number of ether oxygens (including phenoxy) is 1. The number of carbonyl (C=O) groups excluding carboxylic acids is 2. The minimum absolute atomic E-state index is 0.198. The Kier molecular flexibility index (Phi) is 6.73. The lowest BCUT2D eigenvalue weighted by Crippen LogP contribution is -2.33. The largest absolute Gasteiger partial charge is 0.442 e. The Morgan fingerprint density at radius 3 is 2.70 bits per heavy atom. The molecule has 156 valence electrons. The number of hydrogen-bond donors (Lipinski definition) is 1. The van der Waals surface area contributed by atoms with Gasteiger partial charge < -0.3 is 10.1 Å². The fraction of sp³-hybridized carbons (Fsp3) is 0.333. The third-order valence-corrected chi connectivity index (χ3v) is 5.13. The zero-order chi connectivity index (χ0) is 21.7. The summed E-state index contributed by atoms with van der Waals surface area (Å²) in [6.07, 6.45) is 6.19. The summed E-state index contributed by atoms with van der Waals surface area (Å²) >= 11 is 0. The Bertz CT molecular complexity index is 965. The van der Waals surface area contributed by atoms with E-state index in [9.17, 15) is 14.0 Å². The van der Waals surface area contributed by atoms with E-state index in [0.717, 1.165) is 24.0 Å². The molecule has 2 aromatic rings. The first-order chi connectivity index (χ1) is 14.4. The van der Waals surface area contributed by atoms with Crippen LogP contribution in [0.25, 0.3) is 11.1 Å². The van der Waals surface area contributed by atoms with Crippen molar-refractivity contribution in [1.82, 2.24) is 5.32 Å². The molecule has 0 aliphatic carbocycles. The van der Waals surface area contributed by atoms with Crippen LogP contribution in [0.5, 0.6) is 0 Å². The van der Waals surface area contributed by atoms with E-state index in [2.05, 4.69) is 11.2 Å². The molecule has 1 N–H and O–H groups in total. The van der Waals surface area contributed by atoms with Crippen LogP contribution in [0.1, 0.15) is 25.8 Å². The van der Waals surface area contributed by atoms with Gasteiger partial charge in [-0.25, -0.2) is 9.18 Å². The second kappa shape index (κ2) is 9.45. The van der Waals surface area contributed by atoms with Gasteiger partial charge in [0, 0.05) is 18.4 Å². The van der Waals surface area contributed by atoms with Crippen LogP contribution in [-0.2, 0) is 16.0 Å². The standard InChI is InChI=1S/C24H25FN2O3/c1-4-16(2)5-6-18-7-9-19(10-8-18)22-12-11-20(13-23(22)25)27-15-21(30-24(27)29)14-26-17(3)28/h1,7-13,16,21H,5-6,14-15H2,2-3H3,(H,26,28)/t16?,21-/m0/s1. The SMILES string of the molecule is C#CC(C)CCc1ccc(-c2ccc(N3C[C@H](CNC(C)=O)OC3=O)cc2F)cc1. The molecule has 0 aromatic heterocycles. The van der Waals surface area contributed by atoms with Crippen LogP contribution >= 0.6 is 0 Å². The van der Waals surface area contributed by atoms with Gasteiger partial charge in [-0.3, -0.25) is 9.69 Å². The number of nitrogens with one attached hydrogen (secondary N) is 1. The number of nitrogens with zero attached hydrogens (tertiary/aromatic N) is 1. The van der Waals surface area contributed by atoms with Crippen molar-refractivity contribution < 1.29 is 18.7 Å². The third-order valence-electron chi connectivity index (χ3n) is 5.13. The lowest BCUT2D eigenvalue weighted by molar-refractivity contribution is -0.119. The number of anilines is 1. The fourth-order valence-electron chi connectivity index (χ4n) is 3.32. The Hall–Kier alpha value is -3.33. The summed E-state index contributed by atoms with van der Waals surface area (Å²) in [6.45, 7) is 3.89. The van der Waals surface area contributed by atoms with Crippen molar-refractivity contribution in [2.24, 2.45) is 5.92 Å². The molecule has 2 atom stereocenters. The van der Waals surface area contributed by atoms with Gasteiger partial charge in [0.15, 0.2) is 0 Å². The Balaban J connectivity index is 1.69. The Labute approximate surface area is 176 Å². The van der Waals surface area contributed by atoms with Gasteiger partial charge in [-0.1, -0.05) is 31.2 Å². The van der Waals surface area contributed by atoms with Gasteiger partial charge in [0.2, 0.25) is 5.91 Å². The molecule has 1 saturated heterocycles. The van der Waals surface area contributed by atoms with Crippen LogP contribution in [-0.4, -0.2) is 31.2 Å². The van der Waals surface area contributed by atoms with Crippen molar-refractivity contribution in [3.8, 4) is 23.5 Å². The highest BCUT2D eigenvalue weighted by Gasteiger charge is 2.32. The number of benzene rings is 2. The number of rotatable bonds is 7. The summed E-state index contributed by atoms with van der Waals surface area (Å²) in [4.78, 5) is 24.5. The molecule has 2 aromatic carbocycles. The van der Waals surface area contributed by atoms with Crippen LogP contribution in [0.3, 0.4) is 0 Å². The van der Waals surface area contributed by atoms with Gasteiger partial charge in [0.25, 0.3) is 0 Å². The molecule has 1 fully saturated rings. The zero-order valence-electron chi connectivity index (χ0n) is 17.2. The maximum Gasteiger partial charge on any atom is 0.414 e. The molecule has 3 rings (SSSR count). The molecule has 6 heteroatoms. The fourth-order valence-corrected chi connectivity index (χ4v) is 3.32. The highest BCUT2D eigenvalue weighted by molar-refractivity contribution is 5.90. The molecule has 0 saturated carbocycles. The number of cyclic esters (lactones) is 1.